The normalized spacial score (nSPS) is 15.9. The van der Waals surface area contributed by atoms with Crippen molar-refractivity contribution in [1.82, 2.24) is 5.32 Å². The second-order valence-electron chi connectivity index (χ2n) is 5.83. The van der Waals surface area contributed by atoms with E-state index in [0.717, 1.165) is 17.7 Å². The Labute approximate surface area is 153 Å². The Morgan fingerprint density at radius 1 is 1.19 bits per heavy atom. The van der Waals surface area contributed by atoms with Gasteiger partial charge in [-0.1, -0.05) is 12.1 Å². The molecule has 0 bridgehead atoms. The fourth-order valence-electron chi connectivity index (χ4n) is 2.74. The number of nitrogens with one attached hydrogen (secondary N) is 2. The summed E-state index contributed by atoms with van der Waals surface area (Å²) < 4.78 is 51.1. The van der Waals surface area contributed by atoms with E-state index in [2.05, 4.69) is 15.4 Å². The van der Waals surface area contributed by atoms with Crippen molar-refractivity contribution in [2.75, 3.05) is 19.0 Å². The average Bonchev–Trinajstić information content (AvgIpc) is 2.61. The minimum absolute atomic E-state index is 0.252. The van der Waals surface area contributed by atoms with Crippen molar-refractivity contribution in [3.05, 3.63) is 48.0 Å². The number of benzene rings is 2. The van der Waals surface area contributed by atoms with Crippen LogP contribution in [0.15, 0.2) is 42.5 Å². The lowest BCUT2D eigenvalue weighted by Gasteiger charge is -2.27. The van der Waals surface area contributed by atoms with Crippen LogP contribution in [0.4, 0.5) is 23.7 Å². The number of hydrogen-bond acceptors (Lipinski definition) is 4. The Balaban J connectivity index is 1.55. The molecule has 9 heteroatoms. The van der Waals surface area contributed by atoms with Crippen LogP contribution in [-0.2, 0) is 6.42 Å². The van der Waals surface area contributed by atoms with Gasteiger partial charge in [-0.3, -0.25) is 0 Å². The second kappa shape index (κ2) is 7.65. The van der Waals surface area contributed by atoms with Crippen LogP contribution in [0.1, 0.15) is 5.56 Å². The number of amides is 2. The molecule has 0 spiro atoms. The molecule has 0 radical (unpaired) electrons. The van der Waals surface area contributed by atoms with E-state index in [1.807, 2.05) is 12.1 Å². The van der Waals surface area contributed by atoms with Gasteiger partial charge in [-0.2, -0.15) is 0 Å². The lowest BCUT2D eigenvalue weighted by molar-refractivity contribution is -0.274. The molecule has 1 aliphatic rings. The van der Waals surface area contributed by atoms with Gasteiger partial charge in [-0.15, -0.1) is 13.2 Å². The van der Waals surface area contributed by atoms with Crippen molar-refractivity contribution in [3.8, 4) is 17.2 Å². The molecule has 0 saturated heterocycles. The molecule has 0 saturated carbocycles. The van der Waals surface area contributed by atoms with Crippen LogP contribution in [0, 0.1) is 0 Å². The van der Waals surface area contributed by atoms with E-state index in [9.17, 15) is 18.0 Å². The molecule has 2 amide bonds. The third-order valence-corrected chi connectivity index (χ3v) is 3.86. The van der Waals surface area contributed by atoms with Gasteiger partial charge < -0.3 is 24.8 Å². The third-order valence-electron chi connectivity index (χ3n) is 3.86. The van der Waals surface area contributed by atoms with Crippen molar-refractivity contribution in [2.45, 2.75) is 18.8 Å². The number of fused-ring (bicyclic) bond motifs is 1. The zero-order valence-electron chi connectivity index (χ0n) is 14.3. The van der Waals surface area contributed by atoms with E-state index in [-0.39, 0.29) is 18.4 Å². The molecule has 144 valence electrons. The predicted octanol–water partition coefficient (Wildman–Crippen LogP) is 3.72. The van der Waals surface area contributed by atoms with Gasteiger partial charge in [0, 0.05) is 11.3 Å². The first-order chi connectivity index (χ1) is 12.8. The van der Waals surface area contributed by atoms with E-state index < -0.39 is 12.4 Å². The molecule has 0 fully saturated rings. The molecule has 1 atom stereocenters. The first-order valence-electron chi connectivity index (χ1n) is 8.06. The number of alkyl halides is 3. The molecule has 0 aliphatic carbocycles. The molecule has 0 aromatic heterocycles. The summed E-state index contributed by atoms with van der Waals surface area (Å²) in [6.07, 6.45) is -4.19. The highest BCUT2D eigenvalue weighted by Crippen LogP contribution is 2.34. The molecular weight excluding hydrogens is 365 g/mol. The molecule has 2 N–H and O–H groups in total. The highest BCUT2D eigenvalue weighted by Gasteiger charge is 2.31. The molecule has 1 unspecified atom stereocenters. The predicted molar refractivity (Wildman–Crippen MR) is 91.3 cm³/mol. The van der Waals surface area contributed by atoms with Gasteiger partial charge in [0.25, 0.3) is 0 Å². The highest BCUT2D eigenvalue weighted by molar-refractivity contribution is 5.89. The molecule has 2 aromatic rings. The van der Waals surface area contributed by atoms with Gasteiger partial charge in [0.05, 0.1) is 13.2 Å². The number of anilines is 1. The van der Waals surface area contributed by atoms with E-state index in [4.69, 9.17) is 9.47 Å². The SMILES string of the molecule is COc1cccc2c1OCC(NC(=O)Nc1ccc(OC(F)(F)F)cc1)C2. The van der Waals surface area contributed by atoms with Gasteiger partial charge in [-0.05, 0) is 36.8 Å². The largest absolute Gasteiger partial charge is 0.573 e. The molecule has 27 heavy (non-hydrogen) atoms. The molecule has 1 heterocycles. The summed E-state index contributed by atoms with van der Waals surface area (Å²) >= 11 is 0. The standard InChI is InChI=1S/C18H17F3N2O4/c1-25-15-4-2-3-11-9-13(10-26-16(11)15)23-17(24)22-12-5-7-14(8-6-12)27-18(19,20)21/h2-8,13H,9-10H2,1H3,(H2,22,23,24). The summed E-state index contributed by atoms with van der Waals surface area (Å²) in [4.78, 5) is 12.1. The van der Waals surface area contributed by atoms with Gasteiger partial charge in [-0.25, -0.2) is 4.79 Å². The fourth-order valence-corrected chi connectivity index (χ4v) is 2.74. The quantitative estimate of drug-likeness (QED) is 0.846. The third kappa shape index (κ3) is 4.96. The lowest BCUT2D eigenvalue weighted by atomic mass is 10.0. The van der Waals surface area contributed by atoms with E-state index in [1.165, 1.54) is 12.1 Å². The number of methoxy groups -OCH3 is 1. The minimum Gasteiger partial charge on any atom is -0.493 e. The Morgan fingerprint density at radius 3 is 2.59 bits per heavy atom. The van der Waals surface area contributed by atoms with Crippen molar-refractivity contribution in [3.63, 3.8) is 0 Å². The zero-order chi connectivity index (χ0) is 19.4. The van der Waals surface area contributed by atoms with Gasteiger partial charge in [0.2, 0.25) is 0 Å². The number of carbonyl (C=O) groups excluding carboxylic acids is 1. The maximum atomic E-state index is 12.1. The Bertz CT molecular complexity index is 809. The van der Waals surface area contributed by atoms with E-state index >= 15 is 0 Å². The summed E-state index contributed by atoms with van der Waals surface area (Å²) in [6, 6.07) is 9.67. The topological polar surface area (TPSA) is 68.8 Å². The van der Waals surface area contributed by atoms with Gasteiger partial charge in [0.1, 0.15) is 12.4 Å². The summed E-state index contributed by atoms with van der Waals surface area (Å²) in [5.41, 5.74) is 1.25. The molecule has 2 aromatic carbocycles. The Hall–Kier alpha value is -3.10. The Morgan fingerprint density at radius 2 is 1.93 bits per heavy atom. The lowest BCUT2D eigenvalue weighted by Crippen LogP contribution is -2.44. The number of urea groups is 1. The van der Waals surface area contributed by atoms with Crippen LogP contribution in [0.5, 0.6) is 17.2 Å². The Kier molecular flexibility index (Phi) is 5.29. The summed E-state index contributed by atoms with van der Waals surface area (Å²) in [5, 5.41) is 5.33. The van der Waals surface area contributed by atoms with Crippen LogP contribution in [0.25, 0.3) is 0 Å². The van der Waals surface area contributed by atoms with Crippen molar-refractivity contribution < 1.29 is 32.2 Å². The molecular formula is C18H17F3N2O4. The van der Waals surface area contributed by atoms with Crippen LogP contribution in [-0.4, -0.2) is 32.2 Å². The number of para-hydroxylation sites is 1. The second-order valence-corrected chi connectivity index (χ2v) is 5.83. The highest BCUT2D eigenvalue weighted by atomic mass is 19.4. The fraction of sp³-hybridized carbons (Fsp3) is 0.278. The zero-order valence-corrected chi connectivity index (χ0v) is 14.3. The van der Waals surface area contributed by atoms with E-state index in [1.54, 1.807) is 13.2 Å². The maximum Gasteiger partial charge on any atom is 0.573 e. The summed E-state index contributed by atoms with van der Waals surface area (Å²) in [7, 11) is 1.56. The van der Waals surface area contributed by atoms with Gasteiger partial charge in [0.15, 0.2) is 11.5 Å². The number of ether oxygens (including phenoxy) is 3. The van der Waals surface area contributed by atoms with Gasteiger partial charge >= 0.3 is 12.4 Å². The monoisotopic (exact) mass is 382 g/mol. The van der Waals surface area contributed by atoms with Crippen molar-refractivity contribution in [2.24, 2.45) is 0 Å². The summed E-state index contributed by atoms with van der Waals surface area (Å²) in [5.74, 6) is 0.940. The average molecular weight is 382 g/mol. The molecule has 6 nitrogen and oxygen atoms in total. The number of carbonyl (C=O) groups is 1. The summed E-state index contributed by atoms with van der Waals surface area (Å²) in [6.45, 7) is 0.277. The number of rotatable bonds is 4. The first kappa shape index (κ1) is 18.7. The smallest absolute Gasteiger partial charge is 0.493 e. The van der Waals surface area contributed by atoms with Crippen molar-refractivity contribution >= 4 is 11.7 Å². The number of hydrogen-bond donors (Lipinski definition) is 2. The first-order valence-corrected chi connectivity index (χ1v) is 8.06. The maximum absolute atomic E-state index is 12.1. The number of halogens is 3. The van der Waals surface area contributed by atoms with Crippen LogP contribution in [0.3, 0.4) is 0 Å². The van der Waals surface area contributed by atoms with Crippen molar-refractivity contribution in [1.29, 1.82) is 0 Å². The van der Waals surface area contributed by atoms with Crippen LogP contribution >= 0.6 is 0 Å². The van der Waals surface area contributed by atoms with E-state index in [0.29, 0.717) is 23.6 Å². The molecule has 3 rings (SSSR count). The molecule has 1 aliphatic heterocycles. The van der Waals surface area contributed by atoms with Crippen LogP contribution < -0.4 is 24.8 Å². The van der Waals surface area contributed by atoms with Crippen LogP contribution in [0.2, 0.25) is 0 Å². The minimum atomic E-state index is -4.76.